The first-order valence-corrected chi connectivity index (χ1v) is 13.8. The van der Waals surface area contributed by atoms with E-state index in [-0.39, 0.29) is 10.6 Å². The zero-order valence-electron chi connectivity index (χ0n) is 21.6. The molecule has 10 heteroatoms. The highest BCUT2D eigenvalue weighted by atomic mass is 32.2. The lowest BCUT2D eigenvalue weighted by molar-refractivity contribution is -0.119. The SMILES string of the molecule is CCOc1ccccc1N(CC(=O)N/N=C\c1ccc(OC(=O)c2ccccc2)cc1)S(=O)(=O)c1ccccc1. The number of esters is 1. The van der Waals surface area contributed by atoms with Crippen LogP contribution in [0.25, 0.3) is 0 Å². The summed E-state index contributed by atoms with van der Waals surface area (Å²) in [7, 11) is -4.10. The Balaban J connectivity index is 1.45. The van der Waals surface area contributed by atoms with Crippen molar-refractivity contribution in [1.29, 1.82) is 0 Å². The zero-order valence-corrected chi connectivity index (χ0v) is 22.5. The topological polar surface area (TPSA) is 114 Å². The van der Waals surface area contributed by atoms with Gasteiger partial charge in [0.15, 0.2) is 0 Å². The molecule has 0 aliphatic carbocycles. The Kier molecular flexibility index (Phi) is 9.27. The Morgan fingerprint density at radius 1 is 0.850 bits per heavy atom. The number of hydrogen-bond acceptors (Lipinski definition) is 7. The zero-order chi connectivity index (χ0) is 28.4. The van der Waals surface area contributed by atoms with Gasteiger partial charge in [0.1, 0.15) is 18.0 Å². The van der Waals surface area contributed by atoms with Gasteiger partial charge in [0.05, 0.1) is 29.0 Å². The number of carbonyl (C=O) groups excluding carboxylic acids is 2. The molecule has 4 aromatic rings. The van der Waals surface area contributed by atoms with Crippen molar-refractivity contribution in [2.24, 2.45) is 5.10 Å². The van der Waals surface area contributed by atoms with Gasteiger partial charge in [-0.15, -0.1) is 0 Å². The summed E-state index contributed by atoms with van der Waals surface area (Å²) in [6.45, 7) is 1.57. The average Bonchev–Trinajstić information content (AvgIpc) is 2.98. The fraction of sp³-hybridized carbons (Fsp3) is 0.100. The standard InChI is InChI=1S/C30H27N3O6S/c1-2-38-28-16-10-9-15-27(28)33(40(36,37)26-13-7-4-8-14-26)22-29(34)32-31-21-23-17-19-25(20-18-23)39-30(35)24-11-5-3-6-12-24/h3-21H,2,22H2,1H3,(H,32,34)/b31-21-. The van der Waals surface area contributed by atoms with E-state index < -0.39 is 28.4 Å². The predicted octanol–water partition coefficient (Wildman–Crippen LogP) is 4.65. The molecule has 1 N–H and O–H groups in total. The summed E-state index contributed by atoms with van der Waals surface area (Å²) in [5, 5.41) is 3.95. The van der Waals surface area contributed by atoms with Crippen molar-refractivity contribution in [3.63, 3.8) is 0 Å². The molecular formula is C30H27N3O6S. The molecular weight excluding hydrogens is 530 g/mol. The van der Waals surface area contributed by atoms with E-state index in [4.69, 9.17) is 9.47 Å². The number of benzene rings is 4. The van der Waals surface area contributed by atoms with Crippen LogP contribution < -0.4 is 19.2 Å². The number of rotatable bonds is 11. The minimum atomic E-state index is -4.10. The van der Waals surface area contributed by atoms with Gasteiger partial charge < -0.3 is 9.47 Å². The third-order valence-corrected chi connectivity index (χ3v) is 7.33. The van der Waals surface area contributed by atoms with Gasteiger partial charge in [-0.3, -0.25) is 9.10 Å². The molecule has 0 aliphatic rings. The van der Waals surface area contributed by atoms with Crippen LogP contribution in [0.3, 0.4) is 0 Å². The number of hydrogen-bond donors (Lipinski definition) is 1. The summed E-state index contributed by atoms with van der Waals surface area (Å²) in [6.07, 6.45) is 1.39. The number of anilines is 1. The largest absolute Gasteiger partial charge is 0.492 e. The van der Waals surface area contributed by atoms with Crippen molar-refractivity contribution < 1.29 is 27.5 Å². The van der Waals surface area contributed by atoms with Crippen LogP contribution in [0.5, 0.6) is 11.5 Å². The van der Waals surface area contributed by atoms with Crippen LogP contribution in [-0.2, 0) is 14.8 Å². The van der Waals surface area contributed by atoms with E-state index in [0.717, 1.165) is 4.31 Å². The average molecular weight is 558 g/mol. The summed E-state index contributed by atoms with van der Waals surface area (Å²) >= 11 is 0. The minimum absolute atomic E-state index is 0.0330. The van der Waals surface area contributed by atoms with E-state index in [1.807, 2.05) is 6.07 Å². The molecule has 4 rings (SSSR count). The van der Waals surface area contributed by atoms with Crippen molar-refractivity contribution in [3.05, 3.63) is 120 Å². The second-order valence-electron chi connectivity index (χ2n) is 8.34. The van der Waals surface area contributed by atoms with Gasteiger partial charge in [0, 0.05) is 0 Å². The lowest BCUT2D eigenvalue weighted by Gasteiger charge is -2.25. The summed E-state index contributed by atoms with van der Waals surface area (Å²) in [5.74, 6) is -0.454. The molecule has 204 valence electrons. The Morgan fingerprint density at radius 3 is 2.15 bits per heavy atom. The van der Waals surface area contributed by atoms with Crippen molar-refractivity contribution in [2.45, 2.75) is 11.8 Å². The highest BCUT2D eigenvalue weighted by Gasteiger charge is 2.29. The first-order chi connectivity index (χ1) is 19.4. The fourth-order valence-corrected chi connectivity index (χ4v) is 5.12. The first kappa shape index (κ1) is 28.1. The van der Waals surface area contributed by atoms with Crippen LogP contribution in [0, 0.1) is 0 Å². The highest BCUT2D eigenvalue weighted by Crippen LogP contribution is 2.32. The monoisotopic (exact) mass is 557 g/mol. The maximum absolute atomic E-state index is 13.5. The molecule has 40 heavy (non-hydrogen) atoms. The molecule has 0 fully saturated rings. The summed E-state index contributed by atoms with van der Waals surface area (Å²) in [5.41, 5.74) is 3.66. The van der Waals surface area contributed by atoms with E-state index >= 15 is 0 Å². The van der Waals surface area contributed by atoms with E-state index in [1.165, 1.54) is 18.3 Å². The number of nitrogens with zero attached hydrogens (tertiary/aromatic N) is 2. The number of hydrazone groups is 1. The van der Waals surface area contributed by atoms with Crippen LogP contribution in [0.2, 0.25) is 0 Å². The molecule has 4 aromatic carbocycles. The van der Waals surface area contributed by atoms with Crippen molar-refractivity contribution in [3.8, 4) is 11.5 Å². The number of para-hydroxylation sites is 2. The quantitative estimate of drug-likeness (QED) is 0.124. The smallest absolute Gasteiger partial charge is 0.343 e. The van der Waals surface area contributed by atoms with Gasteiger partial charge in [0.25, 0.3) is 15.9 Å². The predicted molar refractivity (Wildman–Crippen MR) is 152 cm³/mol. The molecule has 9 nitrogen and oxygen atoms in total. The van der Waals surface area contributed by atoms with Crippen molar-refractivity contribution in [2.75, 3.05) is 17.5 Å². The number of amides is 1. The highest BCUT2D eigenvalue weighted by molar-refractivity contribution is 7.92. The molecule has 0 atom stereocenters. The fourth-order valence-electron chi connectivity index (χ4n) is 3.67. The van der Waals surface area contributed by atoms with E-state index in [1.54, 1.807) is 97.9 Å². The molecule has 0 aliphatic heterocycles. The van der Waals surface area contributed by atoms with Crippen LogP contribution in [0.4, 0.5) is 5.69 Å². The Bertz CT molecular complexity index is 1580. The number of ether oxygens (including phenoxy) is 2. The van der Waals surface area contributed by atoms with Gasteiger partial charge in [-0.25, -0.2) is 18.6 Å². The van der Waals surface area contributed by atoms with Gasteiger partial charge in [-0.2, -0.15) is 5.10 Å². The third-order valence-electron chi connectivity index (χ3n) is 5.56. The lowest BCUT2D eigenvalue weighted by Crippen LogP contribution is -2.39. The van der Waals surface area contributed by atoms with Gasteiger partial charge in [-0.05, 0) is 73.2 Å². The second kappa shape index (κ2) is 13.2. The maximum atomic E-state index is 13.5. The minimum Gasteiger partial charge on any atom is -0.492 e. The Labute approximate surface area is 232 Å². The van der Waals surface area contributed by atoms with Gasteiger partial charge in [0.2, 0.25) is 0 Å². The molecule has 0 saturated heterocycles. The van der Waals surface area contributed by atoms with E-state index in [9.17, 15) is 18.0 Å². The maximum Gasteiger partial charge on any atom is 0.343 e. The van der Waals surface area contributed by atoms with E-state index in [0.29, 0.717) is 29.2 Å². The molecule has 0 saturated carbocycles. The van der Waals surface area contributed by atoms with Crippen molar-refractivity contribution in [1.82, 2.24) is 5.43 Å². The summed E-state index contributed by atoms with van der Waals surface area (Å²) < 4.78 is 39.0. The first-order valence-electron chi connectivity index (χ1n) is 12.4. The molecule has 0 heterocycles. The summed E-state index contributed by atoms with van der Waals surface area (Å²) in [4.78, 5) is 25.1. The van der Waals surface area contributed by atoms with Crippen LogP contribution in [-0.4, -0.2) is 39.7 Å². The normalized spacial score (nSPS) is 11.1. The molecule has 0 unspecified atom stereocenters. The van der Waals surface area contributed by atoms with Crippen molar-refractivity contribution >= 4 is 33.8 Å². The molecule has 0 aromatic heterocycles. The lowest BCUT2D eigenvalue weighted by atomic mass is 10.2. The van der Waals surface area contributed by atoms with Gasteiger partial charge in [-0.1, -0.05) is 48.5 Å². The van der Waals surface area contributed by atoms with Gasteiger partial charge >= 0.3 is 5.97 Å². The number of sulfonamides is 1. The molecule has 0 bridgehead atoms. The Hall–Kier alpha value is -4.96. The van der Waals surface area contributed by atoms with Crippen LogP contribution in [0.1, 0.15) is 22.8 Å². The molecule has 0 radical (unpaired) electrons. The molecule has 1 amide bonds. The van der Waals surface area contributed by atoms with Crippen LogP contribution >= 0.6 is 0 Å². The summed E-state index contributed by atoms with van der Waals surface area (Å²) in [6, 6.07) is 29.6. The number of carbonyl (C=O) groups is 2. The van der Waals surface area contributed by atoms with Crippen LogP contribution in [0.15, 0.2) is 119 Å². The second-order valence-corrected chi connectivity index (χ2v) is 10.2. The third kappa shape index (κ3) is 7.12. The Morgan fingerprint density at radius 2 is 1.48 bits per heavy atom. The molecule has 0 spiro atoms. The number of nitrogens with one attached hydrogen (secondary N) is 1. The van der Waals surface area contributed by atoms with E-state index in [2.05, 4.69) is 10.5 Å².